The molecule has 0 aliphatic rings. The van der Waals surface area contributed by atoms with E-state index in [1.54, 1.807) is 6.92 Å². The van der Waals surface area contributed by atoms with Crippen molar-refractivity contribution >= 4 is 5.97 Å². The van der Waals surface area contributed by atoms with Crippen LogP contribution in [0.25, 0.3) is 0 Å². The Balaban J connectivity index is 4.55. The van der Waals surface area contributed by atoms with Crippen molar-refractivity contribution < 1.29 is 27.8 Å². The summed E-state index contributed by atoms with van der Waals surface area (Å²) in [7, 11) is 1.37. The van der Waals surface area contributed by atoms with Crippen LogP contribution in [-0.4, -0.2) is 55.0 Å². The van der Waals surface area contributed by atoms with Crippen LogP contribution in [0.5, 0.6) is 0 Å². The van der Waals surface area contributed by atoms with E-state index in [0.717, 1.165) is 4.90 Å². The standard InChI is InChI=1S/C9H16F3NO3/c1-3-7(5-16-2)13(4-8(14)15)6-9(10,11)12/h7H,3-6H2,1-2H3,(H,14,15). The first kappa shape index (κ1) is 15.2. The van der Waals surface area contributed by atoms with Crippen LogP contribution in [0, 0.1) is 0 Å². The fourth-order valence-corrected chi connectivity index (χ4v) is 1.39. The van der Waals surface area contributed by atoms with E-state index in [9.17, 15) is 18.0 Å². The lowest BCUT2D eigenvalue weighted by atomic mass is 10.2. The molecule has 1 N–H and O–H groups in total. The zero-order chi connectivity index (χ0) is 12.8. The molecule has 0 bridgehead atoms. The molecule has 1 unspecified atom stereocenters. The van der Waals surface area contributed by atoms with Crippen LogP contribution < -0.4 is 0 Å². The number of carboxylic acids is 1. The molecule has 1 atom stereocenters. The molecule has 0 spiro atoms. The molecule has 0 amide bonds. The van der Waals surface area contributed by atoms with Crippen molar-refractivity contribution in [2.45, 2.75) is 25.6 Å². The average Bonchev–Trinajstić information content (AvgIpc) is 2.09. The first-order chi connectivity index (χ1) is 7.30. The SMILES string of the molecule is CCC(COC)N(CC(=O)O)CC(F)(F)F. The van der Waals surface area contributed by atoms with Gasteiger partial charge in [0.25, 0.3) is 0 Å². The van der Waals surface area contributed by atoms with E-state index in [4.69, 9.17) is 9.84 Å². The zero-order valence-corrected chi connectivity index (χ0v) is 9.25. The van der Waals surface area contributed by atoms with Crippen LogP contribution >= 0.6 is 0 Å². The molecule has 0 heterocycles. The lowest BCUT2D eigenvalue weighted by Crippen LogP contribution is -2.46. The minimum absolute atomic E-state index is 0.0832. The summed E-state index contributed by atoms with van der Waals surface area (Å²) in [5.41, 5.74) is 0. The maximum absolute atomic E-state index is 12.2. The van der Waals surface area contributed by atoms with E-state index < -0.39 is 31.3 Å². The molecule has 0 aliphatic carbocycles. The van der Waals surface area contributed by atoms with Gasteiger partial charge in [-0.25, -0.2) is 0 Å². The quantitative estimate of drug-likeness (QED) is 0.733. The number of rotatable bonds is 7. The Morgan fingerprint density at radius 3 is 2.38 bits per heavy atom. The van der Waals surface area contributed by atoms with Gasteiger partial charge in [0.15, 0.2) is 0 Å². The molecule has 4 nitrogen and oxygen atoms in total. The molecule has 0 aromatic heterocycles. The summed E-state index contributed by atoms with van der Waals surface area (Å²) in [6, 6.07) is -0.539. The van der Waals surface area contributed by atoms with Gasteiger partial charge in [0.1, 0.15) is 0 Å². The second kappa shape index (κ2) is 6.70. The summed E-state index contributed by atoms with van der Waals surface area (Å²) >= 11 is 0. The van der Waals surface area contributed by atoms with Crippen LogP contribution in [0.3, 0.4) is 0 Å². The number of hydrogen-bond acceptors (Lipinski definition) is 3. The normalized spacial score (nSPS) is 14.1. The lowest BCUT2D eigenvalue weighted by Gasteiger charge is -2.29. The second-order valence-electron chi connectivity index (χ2n) is 3.43. The molecular formula is C9H16F3NO3. The number of alkyl halides is 3. The molecule has 0 saturated carbocycles. The van der Waals surface area contributed by atoms with Gasteiger partial charge >= 0.3 is 12.1 Å². The Hall–Kier alpha value is -0.820. The predicted molar refractivity (Wildman–Crippen MR) is 51.2 cm³/mol. The largest absolute Gasteiger partial charge is 0.480 e. The van der Waals surface area contributed by atoms with E-state index in [0.29, 0.717) is 6.42 Å². The van der Waals surface area contributed by atoms with Crippen molar-refractivity contribution in [2.24, 2.45) is 0 Å². The topological polar surface area (TPSA) is 49.8 Å². The van der Waals surface area contributed by atoms with Crippen LogP contribution in [-0.2, 0) is 9.53 Å². The van der Waals surface area contributed by atoms with Crippen LogP contribution in [0.15, 0.2) is 0 Å². The van der Waals surface area contributed by atoms with Crippen molar-refractivity contribution in [2.75, 3.05) is 26.8 Å². The van der Waals surface area contributed by atoms with Gasteiger partial charge in [-0.3, -0.25) is 9.69 Å². The number of ether oxygens (including phenoxy) is 1. The minimum Gasteiger partial charge on any atom is -0.480 e. The van der Waals surface area contributed by atoms with E-state index >= 15 is 0 Å². The summed E-state index contributed by atoms with van der Waals surface area (Å²) in [6.45, 7) is -0.0999. The zero-order valence-electron chi connectivity index (χ0n) is 9.25. The number of halogens is 3. The molecule has 0 radical (unpaired) electrons. The smallest absolute Gasteiger partial charge is 0.401 e. The molecular weight excluding hydrogens is 227 g/mol. The Morgan fingerprint density at radius 1 is 1.50 bits per heavy atom. The molecule has 0 fully saturated rings. The highest BCUT2D eigenvalue weighted by Gasteiger charge is 2.34. The summed E-state index contributed by atoms with van der Waals surface area (Å²) in [4.78, 5) is 11.3. The Kier molecular flexibility index (Phi) is 6.35. The minimum atomic E-state index is -4.41. The van der Waals surface area contributed by atoms with Gasteiger partial charge in [0, 0.05) is 13.2 Å². The summed E-state index contributed by atoms with van der Waals surface area (Å²) < 4.78 is 41.4. The Morgan fingerprint density at radius 2 is 2.06 bits per heavy atom. The van der Waals surface area contributed by atoms with Crippen molar-refractivity contribution in [1.82, 2.24) is 4.90 Å². The molecule has 16 heavy (non-hydrogen) atoms. The molecule has 96 valence electrons. The maximum Gasteiger partial charge on any atom is 0.401 e. The van der Waals surface area contributed by atoms with E-state index in [-0.39, 0.29) is 6.61 Å². The van der Waals surface area contributed by atoms with Gasteiger partial charge in [0.05, 0.1) is 19.7 Å². The third kappa shape index (κ3) is 6.62. The van der Waals surface area contributed by atoms with Gasteiger partial charge in [-0.15, -0.1) is 0 Å². The molecule has 0 rings (SSSR count). The Labute approximate surface area is 92.0 Å². The number of nitrogens with zero attached hydrogens (tertiary/aromatic N) is 1. The van der Waals surface area contributed by atoms with Crippen molar-refractivity contribution in [3.63, 3.8) is 0 Å². The summed E-state index contributed by atoms with van der Waals surface area (Å²) in [5.74, 6) is -1.28. The van der Waals surface area contributed by atoms with Gasteiger partial charge < -0.3 is 9.84 Å². The summed E-state index contributed by atoms with van der Waals surface area (Å²) in [6.07, 6.45) is -4.01. The molecule has 7 heteroatoms. The number of carbonyl (C=O) groups is 1. The van der Waals surface area contributed by atoms with E-state index in [1.807, 2.05) is 0 Å². The van der Waals surface area contributed by atoms with Gasteiger partial charge in [0.2, 0.25) is 0 Å². The van der Waals surface area contributed by atoms with Gasteiger partial charge in [-0.1, -0.05) is 6.92 Å². The number of hydrogen-bond donors (Lipinski definition) is 1. The van der Waals surface area contributed by atoms with Crippen molar-refractivity contribution in [1.29, 1.82) is 0 Å². The van der Waals surface area contributed by atoms with E-state index in [2.05, 4.69) is 0 Å². The first-order valence-corrected chi connectivity index (χ1v) is 4.81. The fourth-order valence-electron chi connectivity index (χ4n) is 1.39. The second-order valence-corrected chi connectivity index (χ2v) is 3.43. The number of carboxylic acid groups (broad SMARTS) is 1. The molecule has 0 saturated heterocycles. The van der Waals surface area contributed by atoms with Gasteiger partial charge in [-0.05, 0) is 6.42 Å². The number of methoxy groups -OCH3 is 1. The molecule has 0 aliphatic heterocycles. The van der Waals surface area contributed by atoms with Crippen molar-refractivity contribution in [3.8, 4) is 0 Å². The fraction of sp³-hybridized carbons (Fsp3) is 0.889. The Bertz CT molecular complexity index is 221. The van der Waals surface area contributed by atoms with Crippen LogP contribution in [0.1, 0.15) is 13.3 Å². The predicted octanol–water partition coefficient (Wildman–Crippen LogP) is 1.36. The monoisotopic (exact) mass is 243 g/mol. The van der Waals surface area contributed by atoms with E-state index in [1.165, 1.54) is 7.11 Å². The maximum atomic E-state index is 12.2. The molecule has 0 aromatic carbocycles. The first-order valence-electron chi connectivity index (χ1n) is 4.81. The third-order valence-corrected chi connectivity index (χ3v) is 2.07. The van der Waals surface area contributed by atoms with Crippen molar-refractivity contribution in [3.05, 3.63) is 0 Å². The average molecular weight is 243 g/mol. The van der Waals surface area contributed by atoms with Crippen LogP contribution in [0.4, 0.5) is 13.2 Å². The highest BCUT2D eigenvalue weighted by atomic mass is 19.4. The highest BCUT2D eigenvalue weighted by molar-refractivity contribution is 5.69. The van der Waals surface area contributed by atoms with Gasteiger partial charge in [-0.2, -0.15) is 13.2 Å². The van der Waals surface area contributed by atoms with Crippen LogP contribution in [0.2, 0.25) is 0 Å². The summed E-state index contributed by atoms with van der Waals surface area (Å²) in [5, 5.41) is 8.54. The third-order valence-electron chi connectivity index (χ3n) is 2.07. The molecule has 0 aromatic rings. The highest BCUT2D eigenvalue weighted by Crippen LogP contribution is 2.19. The number of aliphatic carboxylic acids is 1. The lowest BCUT2D eigenvalue weighted by molar-refractivity contribution is -0.160.